The van der Waals surface area contributed by atoms with E-state index in [1.807, 2.05) is 19.9 Å². The summed E-state index contributed by atoms with van der Waals surface area (Å²) in [6, 6.07) is 1.84. The second kappa shape index (κ2) is 5.24. The van der Waals surface area contributed by atoms with Gasteiger partial charge >= 0.3 is 5.97 Å². The van der Waals surface area contributed by atoms with Crippen molar-refractivity contribution in [2.45, 2.75) is 13.8 Å². The van der Waals surface area contributed by atoms with Crippen molar-refractivity contribution in [2.75, 3.05) is 20.7 Å². The molecule has 0 saturated carbocycles. The van der Waals surface area contributed by atoms with Gasteiger partial charge in [0, 0.05) is 18.4 Å². The van der Waals surface area contributed by atoms with E-state index in [2.05, 4.69) is 19.8 Å². The number of amides is 1. The first-order chi connectivity index (χ1) is 9.42. The zero-order chi connectivity index (χ0) is 14.9. The highest BCUT2D eigenvalue weighted by atomic mass is 16.5. The summed E-state index contributed by atoms with van der Waals surface area (Å²) in [4.78, 5) is 32.8. The number of likely N-dealkylation sites (N-methyl/N-ethyl adjacent to an activating group) is 1. The summed E-state index contributed by atoms with van der Waals surface area (Å²) in [5.74, 6) is -0.609. The zero-order valence-corrected chi connectivity index (χ0v) is 11.7. The molecule has 8 heteroatoms. The van der Waals surface area contributed by atoms with Crippen LogP contribution in [0.1, 0.15) is 22.0 Å². The predicted octanol–water partition coefficient (Wildman–Crippen LogP) is -0.0139. The van der Waals surface area contributed by atoms with Crippen LogP contribution in [0.4, 0.5) is 0 Å². The van der Waals surface area contributed by atoms with Gasteiger partial charge in [-0.3, -0.25) is 9.59 Å². The monoisotopic (exact) mass is 277 g/mol. The van der Waals surface area contributed by atoms with Crippen LogP contribution in [0.5, 0.6) is 0 Å². The summed E-state index contributed by atoms with van der Waals surface area (Å²) in [5, 5.41) is 4.11. The van der Waals surface area contributed by atoms with E-state index in [1.165, 1.54) is 23.6 Å². The molecule has 0 atom stereocenters. The Bertz CT molecular complexity index is 679. The number of rotatable bonds is 3. The molecule has 2 rings (SSSR count). The molecule has 106 valence electrons. The van der Waals surface area contributed by atoms with Gasteiger partial charge in [-0.25, -0.2) is 9.50 Å². The fourth-order valence-corrected chi connectivity index (χ4v) is 1.76. The topological polar surface area (TPSA) is 89.7 Å². The smallest absolute Gasteiger partial charge is 0.325 e. The van der Waals surface area contributed by atoms with Crippen molar-refractivity contribution in [2.24, 2.45) is 0 Å². The van der Waals surface area contributed by atoms with Crippen LogP contribution in [-0.4, -0.2) is 57.1 Å². The first kappa shape index (κ1) is 13.9. The molecule has 0 unspecified atom stereocenters. The molecule has 0 aliphatic heterocycles. The third-order valence-electron chi connectivity index (χ3n) is 2.75. The SMILES string of the molecule is COC(=O)CN(C)C(=O)c1nc2nc(C)cc(C)n2n1. The Kier molecular flexibility index (Phi) is 3.64. The van der Waals surface area contributed by atoms with Crippen molar-refractivity contribution >= 4 is 17.7 Å². The maximum absolute atomic E-state index is 12.1. The van der Waals surface area contributed by atoms with Crippen molar-refractivity contribution in [3.63, 3.8) is 0 Å². The number of esters is 1. The van der Waals surface area contributed by atoms with Gasteiger partial charge in [-0.1, -0.05) is 0 Å². The summed E-state index contributed by atoms with van der Waals surface area (Å²) in [6.07, 6.45) is 0. The summed E-state index contributed by atoms with van der Waals surface area (Å²) >= 11 is 0. The molecule has 0 fully saturated rings. The zero-order valence-electron chi connectivity index (χ0n) is 11.7. The molecule has 1 amide bonds. The Labute approximate surface area is 115 Å². The number of fused-ring (bicyclic) bond motifs is 1. The molecule has 0 bridgehead atoms. The standard InChI is InChI=1S/C12H15N5O3/c1-7-5-8(2)17-12(13-7)14-10(15-17)11(19)16(3)6-9(18)20-4/h5H,6H2,1-4H3. The second-order valence-corrected chi connectivity index (χ2v) is 4.42. The molecule has 2 aromatic rings. The van der Waals surface area contributed by atoms with Crippen LogP contribution in [0.25, 0.3) is 5.78 Å². The lowest BCUT2D eigenvalue weighted by Gasteiger charge is -2.12. The average Bonchev–Trinajstić information content (AvgIpc) is 2.81. The molecule has 0 radical (unpaired) electrons. The number of aromatic nitrogens is 4. The number of hydrogen-bond acceptors (Lipinski definition) is 6. The number of methoxy groups -OCH3 is 1. The van der Waals surface area contributed by atoms with E-state index in [4.69, 9.17) is 0 Å². The number of aryl methyl sites for hydroxylation is 2. The Morgan fingerprint density at radius 2 is 2.05 bits per heavy atom. The van der Waals surface area contributed by atoms with Crippen molar-refractivity contribution in [3.05, 3.63) is 23.3 Å². The molecule has 0 aromatic carbocycles. The van der Waals surface area contributed by atoms with E-state index in [1.54, 1.807) is 0 Å². The van der Waals surface area contributed by atoms with E-state index in [0.29, 0.717) is 5.78 Å². The minimum absolute atomic E-state index is 0.00222. The molecule has 20 heavy (non-hydrogen) atoms. The van der Waals surface area contributed by atoms with Gasteiger partial charge < -0.3 is 9.64 Å². The maximum atomic E-state index is 12.1. The van der Waals surface area contributed by atoms with Gasteiger partial charge in [0.2, 0.25) is 5.82 Å². The van der Waals surface area contributed by atoms with E-state index in [-0.39, 0.29) is 12.4 Å². The average molecular weight is 277 g/mol. The quantitative estimate of drug-likeness (QED) is 0.733. The lowest BCUT2D eigenvalue weighted by Crippen LogP contribution is -2.33. The van der Waals surface area contributed by atoms with Crippen molar-refractivity contribution in [1.29, 1.82) is 0 Å². The van der Waals surface area contributed by atoms with E-state index >= 15 is 0 Å². The summed E-state index contributed by atoms with van der Waals surface area (Å²) in [6.45, 7) is 3.53. The number of ether oxygens (including phenoxy) is 1. The van der Waals surface area contributed by atoms with Gasteiger partial charge in [0.15, 0.2) is 0 Å². The number of nitrogens with zero attached hydrogens (tertiary/aromatic N) is 5. The van der Waals surface area contributed by atoms with Crippen LogP contribution in [0.3, 0.4) is 0 Å². The molecule has 0 saturated heterocycles. The highest BCUT2D eigenvalue weighted by Crippen LogP contribution is 2.06. The third kappa shape index (κ3) is 2.58. The van der Waals surface area contributed by atoms with E-state index in [0.717, 1.165) is 11.4 Å². The minimum Gasteiger partial charge on any atom is -0.468 e. The second-order valence-electron chi connectivity index (χ2n) is 4.42. The Balaban J connectivity index is 2.31. The van der Waals surface area contributed by atoms with Crippen LogP contribution in [-0.2, 0) is 9.53 Å². The van der Waals surface area contributed by atoms with Gasteiger partial charge in [0.05, 0.1) is 7.11 Å². The van der Waals surface area contributed by atoms with Crippen LogP contribution in [0.15, 0.2) is 6.07 Å². The van der Waals surface area contributed by atoms with Crippen LogP contribution < -0.4 is 0 Å². The fraction of sp³-hybridized carbons (Fsp3) is 0.417. The number of hydrogen-bond donors (Lipinski definition) is 0. The Morgan fingerprint density at radius 3 is 2.70 bits per heavy atom. The molecule has 2 aromatic heterocycles. The first-order valence-corrected chi connectivity index (χ1v) is 5.95. The van der Waals surface area contributed by atoms with E-state index in [9.17, 15) is 9.59 Å². The van der Waals surface area contributed by atoms with E-state index < -0.39 is 11.9 Å². The van der Waals surface area contributed by atoms with Gasteiger partial charge in [-0.2, -0.15) is 4.98 Å². The summed E-state index contributed by atoms with van der Waals surface area (Å²) in [7, 11) is 2.75. The molecule has 8 nitrogen and oxygen atoms in total. The summed E-state index contributed by atoms with van der Waals surface area (Å²) in [5.41, 5.74) is 1.62. The van der Waals surface area contributed by atoms with Crippen LogP contribution >= 0.6 is 0 Å². The molecule has 2 heterocycles. The third-order valence-corrected chi connectivity index (χ3v) is 2.75. The van der Waals surface area contributed by atoms with Crippen LogP contribution in [0, 0.1) is 13.8 Å². The normalized spacial score (nSPS) is 10.6. The highest BCUT2D eigenvalue weighted by molar-refractivity contribution is 5.92. The predicted molar refractivity (Wildman–Crippen MR) is 69.2 cm³/mol. The molecule has 0 N–H and O–H groups in total. The van der Waals surface area contributed by atoms with Gasteiger partial charge in [-0.05, 0) is 19.9 Å². The Hall–Kier alpha value is -2.51. The first-order valence-electron chi connectivity index (χ1n) is 5.95. The number of carbonyl (C=O) groups excluding carboxylic acids is 2. The minimum atomic E-state index is -0.505. The summed E-state index contributed by atoms with van der Waals surface area (Å²) < 4.78 is 6.00. The molecule has 0 aliphatic rings. The lowest BCUT2D eigenvalue weighted by atomic mass is 10.4. The number of carbonyl (C=O) groups is 2. The van der Waals surface area contributed by atoms with Crippen molar-refractivity contribution in [3.8, 4) is 0 Å². The maximum Gasteiger partial charge on any atom is 0.325 e. The molecule has 0 spiro atoms. The van der Waals surface area contributed by atoms with Crippen molar-refractivity contribution in [1.82, 2.24) is 24.5 Å². The molecule has 0 aliphatic carbocycles. The van der Waals surface area contributed by atoms with Gasteiger partial charge in [0.25, 0.3) is 11.7 Å². The van der Waals surface area contributed by atoms with Gasteiger partial charge in [-0.15, -0.1) is 5.10 Å². The lowest BCUT2D eigenvalue weighted by molar-refractivity contribution is -0.141. The Morgan fingerprint density at radius 1 is 1.35 bits per heavy atom. The molecular weight excluding hydrogens is 262 g/mol. The van der Waals surface area contributed by atoms with Crippen molar-refractivity contribution < 1.29 is 14.3 Å². The highest BCUT2D eigenvalue weighted by Gasteiger charge is 2.20. The van der Waals surface area contributed by atoms with Crippen LogP contribution in [0.2, 0.25) is 0 Å². The molecular formula is C12H15N5O3. The fourth-order valence-electron chi connectivity index (χ4n) is 1.76. The largest absolute Gasteiger partial charge is 0.468 e. The van der Waals surface area contributed by atoms with Gasteiger partial charge in [0.1, 0.15) is 6.54 Å².